The fourth-order valence-electron chi connectivity index (χ4n) is 3.42. The number of nitrogens with zero attached hydrogens (tertiary/aromatic N) is 3. The van der Waals surface area contributed by atoms with Gasteiger partial charge >= 0.3 is 0 Å². The standard InChI is InChI=1S/C19H28N4O/c1-3-20-19(23-11-9-22(10-12-23)15(2)24)21-14-17-13-18(17)16-7-5-4-6-8-16/h4-8,17-18H,3,9-14H2,1-2H3,(H,20,21). The van der Waals surface area contributed by atoms with Crippen molar-refractivity contribution in [2.45, 2.75) is 26.2 Å². The zero-order valence-electron chi connectivity index (χ0n) is 14.7. The molecule has 2 fully saturated rings. The van der Waals surface area contributed by atoms with E-state index in [4.69, 9.17) is 4.99 Å². The van der Waals surface area contributed by atoms with E-state index < -0.39 is 0 Å². The second-order valence-corrected chi connectivity index (χ2v) is 6.70. The molecule has 1 heterocycles. The van der Waals surface area contributed by atoms with Crippen molar-refractivity contribution in [3.63, 3.8) is 0 Å². The number of guanidine groups is 1. The Balaban J connectivity index is 1.54. The van der Waals surface area contributed by atoms with Crippen LogP contribution in [0.15, 0.2) is 35.3 Å². The fraction of sp³-hybridized carbons (Fsp3) is 0.579. The van der Waals surface area contributed by atoms with E-state index in [1.807, 2.05) is 4.90 Å². The van der Waals surface area contributed by atoms with Crippen molar-refractivity contribution >= 4 is 11.9 Å². The zero-order valence-corrected chi connectivity index (χ0v) is 14.7. The number of benzene rings is 1. The monoisotopic (exact) mass is 328 g/mol. The maximum absolute atomic E-state index is 11.5. The molecular formula is C19H28N4O. The van der Waals surface area contributed by atoms with E-state index in [2.05, 4.69) is 47.5 Å². The minimum Gasteiger partial charge on any atom is -0.357 e. The van der Waals surface area contributed by atoms with Gasteiger partial charge in [-0.15, -0.1) is 0 Å². The number of hydrogen-bond acceptors (Lipinski definition) is 2. The SMILES string of the molecule is CCNC(=NCC1CC1c1ccccc1)N1CCN(C(C)=O)CC1. The van der Waals surface area contributed by atoms with Crippen LogP contribution in [0.3, 0.4) is 0 Å². The predicted molar refractivity (Wildman–Crippen MR) is 97.1 cm³/mol. The number of hydrogen-bond donors (Lipinski definition) is 1. The van der Waals surface area contributed by atoms with Gasteiger partial charge in [0, 0.05) is 46.2 Å². The summed E-state index contributed by atoms with van der Waals surface area (Å²) in [5.74, 6) is 2.51. The summed E-state index contributed by atoms with van der Waals surface area (Å²) in [5, 5.41) is 3.41. The van der Waals surface area contributed by atoms with Crippen LogP contribution in [0.4, 0.5) is 0 Å². The average molecular weight is 328 g/mol. The number of piperazine rings is 1. The van der Waals surface area contributed by atoms with Gasteiger partial charge in [0.1, 0.15) is 0 Å². The summed E-state index contributed by atoms with van der Waals surface area (Å²) in [6.07, 6.45) is 1.24. The van der Waals surface area contributed by atoms with E-state index in [9.17, 15) is 4.79 Å². The molecule has 1 saturated heterocycles. The van der Waals surface area contributed by atoms with Crippen molar-refractivity contribution in [1.29, 1.82) is 0 Å². The Morgan fingerprint density at radius 1 is 1.17 bits per heavy atom. The molecule has 1 N–H and O–H groups in total. The van der Waals surface area contributed by atoms with Crippen LogP contribution < -0.4 is 5.32 Å². The molecule has 2 aliphatic rings. The first-order valence-corrected chi connectivity index (χ1v) is 9.02. The molecule has 5 nitrogen and oxygen atoms in total. The highest BCUT2D eigenvalue weighted by molar-refractivity contribution is 5.80. The van der Waals surface area contributed by atoms with E-state index in [0.717, 1.165) is 45.2 Å². The number of amides is 1. The van der Waals surface area contributed by atoms with Gasteiger partial charge in [0.2, 0.25) is 5.91 Å². The normalized spacial score (nSPS) is 24.0. The molecule has 5 heteroatoms. The highest BCUT2D eigenvalue weighted by Crippen LogP contribution is 2.47. The van der Waals surface area contributed by atoms with E-state index in [1.54, 1.807) is 6.92 Å². The average Bonchev–Trinajstić information content (AvgIpc) is 3.39. The number of nitrogens with one attached hydrogen (secondary N) is 1. The van der Waals surface area contributed by atoms with Gasteiger partial charge in [-0.25, -0.2) is 0 Å². The van der Waals surface area contributed by atoms with Crippen molar-refractivity contribution < 1.29 is 4.79 Å². The van der Waals surface area contributed by atoms with E-state index in [1.165, 1.54) is 12.0 Å². The zero-order chi connectivity index (χ0) is 16.9. The summed E-state index contributed by atoms with van der Waals surface area (Å²) >= 11 is 0. The molecule has 1 saturated carbocycles. The number of rotatable bonds is 4. The Bertz CT molecular complexity index is 578. The van der Waals surface area contributed by atoms with Gasteiger partial charge in [0.15, 0.2) is 5.96 Å². The van der Waals surface area contributed by atoms with Gasteiger partial charge in [0.05, 0.1) is 0 Å². The number of carbonyl (C=O) groups excluding carboxylic acids is 1. The Morgan fingerprint density at radius 2 is 1.83 bits per heavy atom. The Kier molecular flexibility index (Phi) is 5.38. The van der Waals surface area contributed by atoms with Crippen LogP contribution in [0.2, 0.25) is 0 Å². The fourth-order valence-corrected chi connectivity index (χ4v) is 3.42. The van der Waals surface area contributed by atoms with Gasteiger partial charge in [-0.2, -0.15) is 0 Å². The van der Waals surface area contributed by atoms with Gasteiger partial charge in [-0.3, -0.25) is 9.79 Å². The lowest BCUT2D eigenvalue weighted by atomic mass is 10.1. The maximum atomic E-state index is 11.5. The highest BCUT2D eigenvalue weighted by Gasteiger charge is 2.38. The van der Waals surface area contributed by atoms with Crippen molar-refractivity contribution in [2.75, 3.05) is 39.3 Å². The van der Waals surface area contributed by atoms with E-state index in [0.29, 0.717) is 11.8 Å². The Morgan fingerprint density at radius 3 is 2.46 bits per heavy atom. The van der Waals surface area contributed by atoms with Gasteiger partial charge < -0.3 is 15.1 Å². The molecule has 1 amide bonds. The lowest BCUT2D eigenvalue weighted by molar-refractivity contribution is -0.130. The van der Waals surface area contributed by atoms with Crippen LogP contribution in [0, 0.1) is 5.92 Å². The quantitative estimate of drug-likeness (QED) is 0.678. The van der Waals surface area contributed by atoms with Crippen LogP contribution in [0.5, 0.6) is 0 Å². The molecule has 3 rings (SSSR count). The molecule has 1 aromatic rings. The van der Waals surface area contributed by atoms with Crippen LogP contribution in [-0.2, 0) is 4.79 Å². The molecule has 0 bridgehead atoms. The Hall–Kier alpha value is -2.04. The summed E-state index contributed by atoms with van der Waals surface area (Å²) in [6.45, 7) is 8.80. The van der Waals surface area contributed by atoms with Crippen LogP contribution >= 0.6 is 0 Å². The molecule has 1 aromatic carbocycles. The minimum atomic E-state index is 0.167. The van der Waals surface area contributed by atoms with Gasteiger partial charge in [-0.1, -0.05) is 30.3 Å². The number of aliphatic imine (C=N–C) groups is 1. The van der Waals surface area contributed by atoms with Crippen molar-refractivity contribution in [2.24, 2.45) is 10.9 Å². The topological polar surface area (TPSA) is 47.9 Å². The maximum Gasteiger partial charge on any atom is 0.219 e. The van der Waals surface area contributed by atoms with Crippen molar-refractivity contribution in [1.82, 2.24) is 15.1 Å². The molecule has 1 aliphatic heterocycles. The first-order valence-electron chi connectivity index (χ1n) is 9.02. The first kappa shape index (κ1) is 16.8. The van der Waals surface area contributed by atoms with E-state index in [-0.39, 0.29) is 5.91 Å². The van der Waals surface area contributed by atoms with Gasteiger partial charge in [0.25, 0.3) is 0 Å². The minimum absolute atomic E-state index is 0.167. The summed E-state index contributed by atoms with van der Waals surface area (Å²) in [5.41, 5.74) is 1.44. The molecule has 0 spiro atoms. The predicted octanol–water partition coefficient (Wildman–Crippen LogP) is 1.92. The van der Waals surface area contributed by atoms with Gasteiger partial charge in [-0.05, 0) is 30.7 Å². The highest BCUT2D eigenvalue weighted by atomic mass is 16.2. The first-order chi connectivity index (χ1) is 11.7. The summed E-state index contributed by atoms with van der Waals surface area (Å²) < 4.78 is 0. The van der Waals surface area contributed by atoms with Crippen LogP contribution in [0.1, 0.15) is 31.7 Å². The second kappa shape index (κ2) is 7.69. The molecule has 130 valence electrons. The largest absolute Gasteiger partial charge is 0.357 e. The van der Waals surface area contributed by atoms with Crippen LogP contribution in [0.25, 0.3) is 0 Å². The number of carbonyl (C=O) groups is 1. The molecule has 0 radical (unpaired) electrons. The summed E-state index contributed by atoms with van der Waals surface area (Å²) in [7, 11) is 0. The summed E-state index contributed by atoms with van der Waals surface area (Å²) in [4.78, 5) is 20.5. The lowest BCUT2D eigenvalue weighted by Crippen LogP contribution is -2.53. The van der Waals surface area contributed by atoms with Crippen LogP contribution in [-0.4, -0.2) is 60.9 Å². The third-order valence-electron chi connectivity index (χ3n) is 4.99. The van der Waals surface area contributed by atoms with E-state index >= 15 is 0 Å². The van der Waals surface area contributed by atoms with Crippen molar-refractivity contribution in [3.8, 4) is 0 Å². The third kappa shape index (κ3) is 4.08. The Labute approximate surface area is 144 Å². The lowest BCUT2D eigenvalue weighted by Gasteiger charge is -2.36. The molecular weight excluding hydrogens is 300 g/mol. The molecule has 0 aromatic heterocycles. The molecule has 1 aliphatic carbocycles. The van der Waals surface area contributed by atoms with Crippen molar-refractivity contribution in [3.05, 3.63) is 35.9 Å². The second-order valence-electron chi connectivity index (χ2n) is 6.70. The smallest absolute Gasteiger partial charge is 0.219 e. The third-order valence-corrected chi connectivity index (χ3v) is 4.99. The molecule has 2 atom stereocenters. The molecule has 2 unspecified atom stereocenters. The summed E-state index contributed by atoms with van der Waals surface area (Å²) in [6, 6.07) is 10.8. The molecule has 24 heavy (non-hydrogen) atoms.